The van der Waals surface area contributed by atoms with Crippen molar-refractivity contribution < 1.29 is 8.83 Å². The second kappa shape index (κ2) is 15.3. The summed E-state index contributed by atoms with van der Waals surface area (Å²) in [6, 6.07) is 84.2. The van der Waals surface area contributed by atoms with Crippen molar-refractivity contribution in [2.24, 2.45) is 0 Å². The Bertz CT molecular complexity index is 3430. The highest BCUT2D eigenvalue weighted by molar-refractivity contribution is 6.10. The van der Waals surface area contributed by atoms with E-state index in [1.54, 1.807) is 0 Å². The fourth-order valence-electron chi connectivity index (χ4n) is 9.20. The maximum Gasteiger partial charge on any atom is 0.143 e. The van der Waals surface area contributed by atoms with E-state index in [-0.39, 0.29) is 0 Å². The second-order valence-electron chi connectivity index (χ2n) is 16.0. The number of benzene rings is 10. The summed E-state index contributed by atoms with van der Waals surface area (Å²) < 4.78 is 13.0. The number of anilines is 3. The largest absolute Gasteiger partial charge is 0.455 e. The third kappa shape index (κ3) is 6.46. The molecule has 0 spiro atoms. The molecule has 296 valence electrons. The molecule has 0 aliphatic carbocycles. The van der Waals surface area contributed by atoms with Gasteiger partial charge in [0.2, 0.25) is 0 Å². The predicted molar refractivity (Wildman–Crippen MR) is 263 cm³/mol. The molecule has 63 heavy (non-hydrogen) atoms. The van der Waals surface area contributed by atoms with Crippen molar-refractivity contribution in [3.05, 3.63) is 237 Å². The molecule has 3 heteroatoms. The monoisotopic (exact) mass is 805 g/mol. The SMILES string of the molecule is c1ccc(-c2ccc(-c3ccc(-c4ccccc4)cc3N(c3ccc(-c4cccc5c4oc4ccccc45)cc3)c3ccc(-c4cccc5c4oc4ccccc45)cc3)cc2)cc1. The standard InChI is InChI=1S/C60H39NO2/c1-3-13-40(14-4-1)42-25-27-43(28-26-42)49-38-33-46(41-15-5-2-6-16-41)39-56(49)61(47-34-29-44(30-35-47)50-19-11-21-54-52-17-7-9-23-57(52)62-59(50)54)48-36-31-45(32-37-48)51-20-12-22-55-53-18-8-10-24-58(53)63-60(51)55/h1-39H. The van der Waals surface area contributed by atoms with Crippen LogP contribution in [0.4, 0.5) is 17.1 Å². The molecule has 0 unspecified atom stereocenters. The first kappa shape index (κ1) is 36.5. The van der Waals surface area contributed by atoms with Crippen molar-refractivity contribution in [1.29, 1.82) is 0 Å². The molecule has 0 atom stereocenters. The van der Waals surface area contributed by atoms with Gasteiger partial charge >= 0.3 is 0 Å². The molecule has 0 amide bonds. The van der Waals surface area contributed by atoms with E-state index >= 15 is 0 Å². The van der Waals surface area contributed by atoms with Gasteiger partial charge in [0.05, 0.1) is 5.69 Å². The minimum absolute atomic E-state index is 0.894. The van der Waals surface area contributed by atoms with Gasteiger partial charge in [-0.3, -0.25) is 0 Å². The summed E-state index contributed by atoms with van der Waals surface area (Å²) in [5.41, 5.74) is 18.0. The third-order valence-electron chi connectivity index (χ3n) is 12.3. The Hall–Kier alpha value is -8.40. The molecule has 0 fully saturated rings. The average Bonchev–Trinajstić information content (AvgIpc) is 3.94. The number of fused-ring (bicyclic) bond motifs is 6. The fraction of sp³-hybridized carbons (Fsp3) is 0. The Morgan fingerprint density at radius 3 is 1.16 bits per heavy atom. The zero-order valence-corrected chi connectivity index (χ0v) is 34.3. The topological polar surface area (TPSA) is 29.5 Å². The molecule has 2 heterocycles. The highest BCUT2D eigenvalue weighted by atomic mass is 16.3. The summed E-state index contributed by atoms with van der Waals surface area (Å²) in [6.07, 6.45) is 0. The van der Waals surface area contributed by atoms with Gasteiger partial charge in [0.15, 0.2) is 0 Å². The van der Waals surface area contributed by atoms with Gasteiger partial charge in [-0.15, -0.1) is 0 Å². The second-order valence-corrected chi connectivity index (χ2v) is 16.0. The van der Waals surface area contributed by atoms with Crippen LogP contribution in [0.3, 0.4) is 0 Å². The maximum atomic E-state index is 6.49. The summed E-state index contributed by atoms with van der Waals surface area (Å²) in [6.45, 7) is 0. The zero-order chi connectivity index (χ0) is 41.7. The Morgan fingerprint density at radius 1 is 0.254 bits per heavy atom. The number of rotatable bonds is 8. The molecule has 0 bridgehead atoms. The van der Waals surface area contributed by atoms with E-state index in [0.29, 0.717) is 0 Å². The fourth-order valence-corrected chi connectivity index (χ4v) is 9.20. The first-order valence-electron chi connectivity index (χ1n) is 21.4. The Morgan fingerprint density at radius 2 is 0.635 bits per heavy atom. The highest BCUT2D eigenvalue weighted by Crippen LogP contribution is 2.45. The molecular formula is C60H39NO2. The number of para-hydroxylation sites is 4. The normalized spacial score (nSPS) is 11.5. The molecule has 0 radical (unpaired) electrons. The van der Waals surface area contributed by atoms with Crippen LogP contribution in [0.5, 0.6) is 0 Å². The van der Waals surface area contributed by atoms with Gasteiger partial charge < -0.3 is 13.7 Å². The van der Waals surface area contributed by atoms with E-state index in [9.17, 15) is 0 Å². The zero-order valence-electron chi connectivity index (χ0n) is 34.3. The molecule has 0 N–H and O–H groups in total. The average molecular weight is 806 g/mol. The third-order valence-corrected chi connectivity index (χ3v) is 12.3. The lowest BCUT2D eigenvalue weighted by molar-refractivity contribution is 0.669. The van der Waals surface area contributed by atoms with Gasteiger partial charge in [-0.05, 0) is 81.4 Å². The molecule has 2 aromatic heterocycles. The number of hydrogen-bond donors (Lipinski definition) is 0. The lowest BCUT2D eigenvalue weighted by Gasteiger charge is -2.29. The summed E-state index contributed by atoms with van der Waals surface area (Å²) in [4.78, 5) is 2.39. The van der Waals surface area contributed by atoms with Crippen LogP contribution >= 0.6 is 0 Å². The first-order chi connectivity index (χ1) is 31.2. The number of nitrogens with zero attached hydrogens (tertiary/aromatic N) is 1. The van der Waals surface area contributed by atoms with E-state index in [4.69, 9.17) is 8.83 Å². The molecular weight excluding hydrogens is 767 g/mol. The van der Waals surface area contributed by atoms with Crippen molar-refractivity contribution in [3.63, 3.8) is 0 Å². The molecule has 3 nitrogen and oxygen atoms in total. The van der Waals surface area contributed by atoms with Crippen LogP contribution in [-0.4, -0.2) is 0 Å². The molecule has 10 aromatic carbocycles. The van der Waals surface area contributed by atoms with Gasteiger partial charge in [-0.1, -0.05) is 194 Å². The minimum atomic E-state index is 0.894. The predicted octanol–water partition coefficient (Wildman–Crippen LogP) is 17.3. The van der Waals surface area contributed by atoms with Gasteiger partial charge in [0, 0.05) is 49.6 Å². The van der Waals surface area contributed by atoms with Crippen molar-refractivity contribution in [2.75, 3.05) is 4.90 Å². The van der Waals surface area contributed by atoms with Crippen molar-refractivity contribution in [1.82, 2.24) is 0 Å². The summed E-state index contributed by atoms with van der Waals surface area (Å²) >= 11 is 0. The van der Waals surface area contributed by atoms with Crippen LogP contribution in [0, 0.1) is 0 Å². The van der Waals surface area contributed by atoms with Gasteiger partial charge in [-0.2, -0.15) is 0 Å². The Labute approximate surface area is 365 Å². The summed E-state index contributed by atoms with van der Waals surface area (Å²) in [5.74, 6) is 0. The lowest BCUT2D eigenvalue weighted by atomic mass is 9.95. The van der Waals surface area contributed by atoms with E-state index in [2.05, 4.69) is 217 Å². The van der Waals surface area contributed by atoms with Gasteiger partial charge in [0.1, 0.15) is 22.3 Å². The van der Waals surface area contributed by atoms with E-state index in [1.165, 1.54) is 11.1 Å². The Kier molecular flexibility index (Phi) is 8.83. The molecule has 12 aromatic rings. The minimum Gasteiger partial charge on any atom is -0.455 e. The van der Waals surface area contributed by atoms with Crippen LogP contribution in [0.25, 0.3) is 99.5 Å². The molecule has 0 aliphatic rings. The summed E-state index contributed by atoms with van der Waals surface area (Å²) in [7, 11) is 0. The van der Waals surface area contributed by atoms with E-state index in [1.807, 2.05) is 24.3 Å². The van der Waals surface area contributed by atoms with Crippen LogP contribution in [0.15, 0.2) is 245 Å². The highest BCUT2D eigenvalue weighted by Gasteiger charge is 2.21. The van der Waals surface area contributed by atoms with Crippen molar-refractivity contribution in [3.8, 4) is 55.6 Å². The maximum absolute atomic E-state index is 6.49. The van der Waals surface area contributed by atoms with Crippen molar-refractivity contribution >= 4 is 60.9 Å². The lowest BCUT2D eigenvalue weighted by Crippen LogP contribution is -2.11. The molecule has 0 saturated carbocycles. The van der Waals surface area contributed by atoms with Crippen LogP contribution in [-0.2, 0) is 0 Å². The van der Waals surface area contributed by atoms with Crippen LogP contribution in [0.2, 0.25) is 0 Å². The van der Waals surface area contributed by atoms with Crippen LogP contribution in [0.1, 0.15) is 0 Å². The number of furan rings is 2. The van der Waals surface area contributed by atoms with Crippen LogP contribution < -0.4 is 4.90 Å². The molecule has 0 saturated heterocycles. The van der Waals surface area contributed by atoms with E-state index < -0.39 is 0 Å². The Balaban J connectivity index is 1.03. The van der Waals surface area contributed by atoms with Crippen molar-refractivity contribution in [2.45, 2.75) is 0 Å². The molecule has 0 aliphatic heterocycles. The molecule has 12 rings (SSSR count). The van der Waals surface area contributed by atoms with Gasteiger partial charge in [-0.25, -0.2) is 0 Å². The van der Waals surface area contributed by atoms with Gasteiger partial charge in [0.25, 0.3) is 0 Å². The quantitative estimate of drug-likeness (QED) is 0.153. The van der Waals surface area contributed by atoms with E-state index in [0.717, 1.165) is 105 Å². The smallest absolute Gasteiger partial charge is 0.143 e. The summed E-state index contributed by atoms with van der Waals surface area (Å²) in [5, 5.41) is 4.49. The first-order valence-corrected chi connectivity index (χ1v) is 21.4. The number of hydrogen-bond acceptors (Lipinski definition) is 3.